The fourth-order valence-corrected chi connectivity index (χ4v) is 2.27. The van der Waals surface area contributed by atoms with Crippen molar-refractivity contribution in [1.29, 1.82) is 0 Å². The van der Waals surface area contributed by atoms with Crippen molar-refractivity contribution in [2.75, 3.05) is 18.5 Å². The lowest BCUT2D eigenvalue weighted by atomic mass is 10.2. The second kappa shape index (κ2) is 9.05. The molecule has 6 nitrogen and oxygen atoms in total. The van der Waals surface area contributed by atoms with E-state index in [-0.39, 0.29) is 11.6 Å². The van der Waals surface area contributed by atoms with Crippen molar-refractivity contribution >= 4 is 46.7 Å². The third-order valence-electron chi connectivity index (χ3n) is 3.00. The second-order valence-corrected chi connectivity index (χ2v) is 5.73. The number of nitrogens with one attached hydrogen (secondary N) is 2. The van der Waals surface area contributed by atoms with E-state index in [0.29, 0.717) is 16.3 Å². The summed E-state index contributed by atoms with van der Waals surface area (Å²) in [5.41, 5.74) is 0.773. The monoisotopic (exact) mass is 380 g/mol. The number of esters is 1. The van der Waals surface area contributed by atoms with Crippen molar-refractivity contribution < 1.29 is 19.1 Å². The average molecular weight is 381 g/mol. The van der Waals surface area contributed by atoms with Crippen LogP contribution in [-0.2, 0) is 14.3 Å². The first-order valence-corrected chi connectivity index (χ1v) is 7.95. The normalized spacial score (nSPS) is 10.0. The van der Waals surface area contributed by atoms with Gasteiger partial charge in [-0.2, -0.15) is 0 Å². The Bertz CT molecular complexity index is 781. The first-order chi connectivity index (χ1) is 12.0. The Morgan fingerprint density at radius 2 is 1.72 bits per heavy atom. The van der Waals surface area contributed by atoms with Gasteiger partial charge in [0.05, 0.1) is 10.7 Å². The summed E-state index contributed by atoms with van der Waals surface area (Å²) in [6.45, 7) is -0.846. The van der Waals surface area contributed by atoms with E-state index in [4.69, 9.17) is 27.9 Å². The van der Waals surface area contributed by atoms with Gasteiger partial charge in [0.2, 0.25) is 0 Å². The van der Waals surface area contributed by atoms with Gasteiger partial charge < -0.3 is 15.4 Å². The van der Waals surface area contributed by atoms with E-state index in [9.17, 15) is 14.4 Å². The molecule has 130 valence electrons. The number of halogens is 2. The SMILES string of the molecule is O=C(COC(=O)CNC(=O)c1ccccc1)Nc1ccc(Cl)cc1Cl. The van der Waals surface area contributed by atoms with Crippen molar-refractivity contribution in [2.24, 2.45) is 0 Å². The molecule has 8 heteroatoms. The van der Waals surface area contributed by atoms with Gasteiger partial charge in [-0.3, -0.25) is 14.4 Å². The Labute approximate surface area is 154 Å². The number of benzene rings is 2. The number of hydrogen-bond donors (Lipinski definition) is 2. The molecule has 2 aromatic rings. The summed E-state index contributed by atoms with van der Waals surface area (Å²) >= 11 is 11.7. The Morgan fingerprint density at radius 1 is 1.00 bits per heavy atom. The molecule has 0 aliphatic heterocycles. The minimum Gasteiger partial charge on any atom is -0.454 e. The van der Waals surface area contributed by atoms with Gasteiger partial charge in [-0.05, 0) is 30.3 Å². The molecular formula is C17H14Cl2N2O4. The van der Waals surface area contributed by atoms with Crippen molar-refractivity contribution in [3.63, 3.8) is 0 Å². The van der Waals surface area contributed by atoms with Crippen LogP contribution in [0.3, 0.4) is 0 Å². The molecule has 0 saturated heterocycles. The van der Waals surface area contributed by atoms with Crippen LogP contribution in [0.2, 0.25) is 10.0 Å². The summed E-state index contributed by atoms with van der Waals surface area (Å²) in [5, 5.41) is 5.60. The maximum absolute atomic E-state index is 11.8. The zero-order valence-electron chi connectivity index (χ0n) is 12.9. The van der Waals surface area contributed by atoms with Crippen LogP contribution in [0.1, 0.15) is 10.4 Å². The lowest BCUT2D eigenvalue weighted by Crippen LogP contribution is -2.32. The van der Waals surface area contributed by atoms with Crippen molar-refractivity contribution in [2.45, 2.75) is 0 Å². The lowest BCUT2D eigenvalue weighted by Gasteiger charge is -2.09. The summed E-state index contributed by atoms with van der Waals surface area (Å²) in [6.07, 6.45) is 0. The zero-order valence-corrected chi connectivity index (χ0v) is 14.4. The van der Waals surface area contributed by atoms with E-state index in [1.807, 2.05) is 0 Å². The van der Waals surface area contributed by atoms with Crippen LogP contribution in [-0.4, -0.2) is 30.9 Å². The Balaban J connectivity index is 1.74. The predicted octanol–water partition coefficient (Wildman–Crippen LogP) is 2.91. The third-order valence-corrected chi connectivity index (χ3v) is 3.55. The number of hydrogen-bond acceptors (Lipinski definition) is 4. The van der Waals surface area contributed by atoms with E-state index in [0.717, 1.165) is 0 Å². The fourth-order valence-electron chi connectivity index (χ4n) is 1.82. The highest BCUT2D eigenvalue weighted by atomic mass is 35.5. The molecule has 0 unspecified atom stereocenters. The van der Waals surface area contributed by atoms with Crippen LogP contribution in [0, 0.1) is 0 Å². The quantitative estimate of drug-likeness (QED) is 0.754. The molecule has 0 saturated carbocycles. The van der Waals surface area contributed by atoms with Crippen molar-refractivity contribution in [3.05, 3.63) is 64.1 Å². The molecule has 0 aliphatic carbocycles. The first kappa shape index (κ1) is 18.8. The van der Waals surface area contributed by atoms with Crippen LogP contribution < -0.4 is 10.6 Å². The minimum absolute atomic E-state index is 0.266. The molecule has 0 aromatic heterocycles. The molecule has 0 radical (unpaired) electrons. The second-order valence-electron chi connectivity index (χ2n) is 4.88. The van der Waals surface area contributed by atoms with E-state index in [1.54, 1.807) is 36.4 Å². The highest BCUT2D eigenvalue weighted by molar-refractivity contribution is 6.36. The van der Waals surface area contributed by atoms with Gasteiger partial charge in [0, 0.05) is 10.6 Å². The maximum Gasteiger partial charge on any atom is 0.325 e. The van der Waals surface area contributed by atoms with Crippen LogP contribution in [0.5, 0.6) is 0 Å². The van der Waals surface area contributed by atoms with Gasteiger partial charge in [-0.1, -0.05) is 41.4 Å². The molecule has 0 aliphatic rings. The molecule has 2 rings (SSSR count). The third kappa shape index (κ3) is 6.10. The molecule has 0 bridgehead atoms. The largest absolute Gasteiger partial charge is 0.454 e. The summed E-state index contributed by atoms with van der Waals surface area (Å²) in [6, 6.07) is 13.0. The zero-order chi connectivity index (χ0) is 18.2. The fraction of sp³-hybridized carbons (Fsp3) is 0.118. The predicted molar refractivity (Wildman–Crippen MR) is 94.8 cm³/mol. The van der Waals surface area contributed by atoms with Crippen molar-refractivity contribution in [1.82, 2.24) is 5.32 Å². The number of amides is 2. The van der Waals surface area contributed by atoms with Gasteiger partial charge in [0.15, 0.2) is 6.61 Å². The van der Waals surface area contributed by atoms with Crippen LogP contribution in [0.25, 0.3) is 0 Å². The van der Waals surface area contributed by atoms with Crippen LogP contribution in [0.15, 0.2) is 48.5 Å². The van der Waals surface area contributed by atoms with Crippen molar-refractivity contribution in [3.8, 4) is 0 Å². The van der Waals surface area contributed by atoms with Gasteiger partial charge in [0.1, 0.15) is 6.54 Å². The standard InChI is InChI=1S/C17H14Cl2N2O4/c18-12-6-7-14(13(19)8-12)21-15(22)10-25-16(23)9-20-17(24)11-4-2-1-3-5-11/h1-8H,9-10H2,(H,20,24)(H,21,22). The van der Waals surface area contributed by atoms with Gasteiger partial charge in [-0.25, -0.2) is 0 Å². The molecule has 2 aromatic carbocycles. The maximum atomic E-state index is 11.8. The Morgan fingerprint density at radius 3 is 2.40 bits per heavy atom. The highest BCUT2D eigenvalue weighted by Gasteiger charge is 2.11. The molecule has 25 heavy (non-hydrogen) atoms. The van der Waals surface area contributed by atoms with Gasteiger partial charge in [-0.15, -0.1) is 0 Å². The van der Waals surface area contributed by atoms with E-state index >= 15 is 0 Å². The number of anilines is 1. The number of rotatable bonds is 6. The molecule has 0 spiro atoms. The van der Waals surface area contributed by atoms with E-state index < -0.39 is 24.4 Å². The van der Waals surface area contributed by atoms with Crippen LogP contribution >= 0.6 is 23.2 Å². The Kier molecular flexibility index (Phi) is 6.80. The first-order valence-electron chi connectivity index (χ1n) is 7.19. The number of ether oxygens (including phenoxy) is 1. The molecule has 0 atom stereocenters. The number of carbonyl (C=O) groups is 3. The summed E-state index contributed by atoms with van der Waals surface area (Å²) in [7, 11) is 0. The van der Waals surface area contributed by atoms with Crippen LogP contribution in [0.4, 0.5) is 5.69 Å². The lowest BCUT2D eigenvalue weighted by molar-refractivity contribution is -0.146. The highest BCUT2D eigenvalue weighted by Crippen LogP contribution is 2.25. The molecule has 2 N–H and O–H groups in total. The number of carbonyl (C=O) groups excluding carboxylic acids is 3. The molecule has 2 amide bonds. The summed E-state index contributed by atoms with van der Waals surface area (Å²) in [5.74, 6) is -1.71. The average Bonchev–Trinajstić information content (AvgIpc) is 2.61. The summed E-state index contributed by atoms with van der Waals surface area (Å²) < 4.78 is 4.79. The van der Waals surface area contributed by atoms with Gasteiger partial charge >= 0.3 is 5.97 Å². The van der Waals surface area contributed by atoms with E-state index in [1.165, 1.54) is 12.1 Å². The van der Waals surface area contributed by atoms with Gasteiger partial charge in [0.25, 0.3) is 11.8 Å². The molecule has 0 fully saturated rings. The smallest absolute Gasteiger partial charge is 0.325 e. The van der Waals surface area contributed by atoms with E-state index in [2.05, 4.69) is 10.6 Å². The minimum atomic E-state index is -0.735. The summed E-state index contributed by atoms with van der Waals surface area (Å²) in [4.78, 5) is 35.1. The molecule has 0 heterocycles. The Hall–Kier alpha value is -2.57. The molecular weight excluding hydrogens is 367 g/mol. The topological polar surface area (TPSA) is 84.5 Å².